The highest BCUT2D eigenvalue weighted by molar-refractivity contribution is 5.33. The van der Waals surface area contributed by atoms with Gasteiger partial charge in [-0.05, 0) is 42.3 Å². The molecule has 0 saturated heterocycles. The summed E-state index contributed by atoms with van der Waals surface area (Å²) in [7, 11) is 0. The molecule has 0 amide bonds. The molecule has 1 N–H and O–H groups in total. The van der Waals surface area contributed by atoms with Crippen LogP contribution >= 0.6 is 0 Å². The van der Waals surface area contributed by atoms with Crippen molar-refractivity contribution in [1.82, 2.24) is 5.32 Å². The molecule has 0 unspecified atom stereocenters. The van der Waals surface area contributed by atoms with Gasteiger partial charge in [-0.15, -0.1) is 0 Å². The van der Waals surface area contributed by atoms with Crippen LogP contribution < -0.4 is 5.32 Å². The second kappa shape index (κ2) is 6.63. The van der Waals surface area contributed by atoms with Crippen LogP contribution in [0.1, 0.15) is 35.2 Å². The zero-order chi connectivity index (χ0) is 16.2. The maximum Gasteiger partial charge on any atom is 0.416 e. The number of rotatable bonds is 4. The van der Waals surface area contributed by atoms with Crippen LogP contribution in [-0.4, -0.2) is 0 Å². The minimum atomic E-state index is -4.34. The van der Waals surface area contributed by atoms with Gasteiger partial charge in [0.15, 0.2) is 0 Å². The first kappa shape index (κ1) is 16.1. The highest BCUT2D eigenvalue weighted by Crippen LogP contribution is 2.30. The average molecular weight is 304 g/mol. The molecule has 0 aliphatic heterocycles. The summed E-state index contributed by atoms with van der Waals surface area (Å²) in [4.78, 5) is 0. The first-order chi connectivity index (χ1) is 10.4. The molecule has 0 aliphatic carbocycles. The van der Waals surface area contributed by atoms with Crippen LogP contribution in [0.15, 0.2) is 48.5 Å². The van der Waals surface area contributed by atoms with Crippen LogP contribution in [0.5, 0.6) is 0 Å². The monoisotopic (exact) mass is 304 g/mol. The molecule has 0 bridgehead atoms. The molecule has 0 fully saturated rings. The maximum absolute atomic E-state index is 12.7. The number of nitrogens with zero attached hydrogens (tertiary/aromatic N) is 1. The van der Waals surface area contributed by atoms with Gasteiger partial charge in [0.25, 0.3) is 0 Å². The van der Waals surface area contributed by atoms with Crippen molar-refractivity contribution in [3.8, 4) is 6.07 Å². The summed E-state index contributed by atoms with van der Waals surface area (Å²) in [5.41, 5.74) is 1.40. The molecule has 2 aromatic rings. The molecular weight excluding hydrogens is 289 g/mol. The summed E-state index contributed by atoms with van der Waals surface area (Å²) in [5.74, 6) is 0. The quantitative estimate of drug-likeness (QED) is 0.907. The molecule has 0 spiro atoms. The summed E-state index contributed by atoms with van der Waals surface area (Å²) in [6.45, 7) is 2.29. The molecule has 0 heterocycles. The van der Waals surface area contributed by atoms with E-state index in [9.17, 15) is 13.2 Å². The van der Waals surface area contributed by atoms with Gasteiger partial charge in [0.1, 0.15) is 0 Å². The lowest BCUT2D eigenvalue weighted by Crippen LogP contribution is -2.18. The van der Waals surface area contributed by atoms with Crippen molar-refractivity contribution >= 4 is 0 Å². The van der Waals surface area contributed by atoms with Gasteiger partial charge < -0.3 is 5.32 Å². The van der Waals surface area contributed by atoms with Gasteiger partial charge in [0, 0.05) is 12.6 Å². The van der Waals surface area contributed by atoms with Crippen LogP contribution in [-0.2, 0) is 12.7 Å². The SMILES string of the molecule is C[C@H](NCc1cccc(C#N)c1)c1cccc(C(F)(F)F)c1. The Bertz CT molecular complexity index is 687. The number of benzene rings is 2. The Labute approximate surface area is 127 Å². The van der Waals surface area contributed by atoms with Crippen molar-refractivity contribution in [2.24, 2.45) is 0 Å². The van der Waals surface area contributed by atoms with Crippen molar-refractivity contribution in [2.75, 3.05) is 0 Å². The van der Waals surface area contributed by atoms with Gasteiger partial charge in [0.2, 0.25) is 0 Å². The largest absolute Gasteiger partial charge is 0.416 e. The summed E-state index contributed by atoms with van der Waals surface area (Å²) in [5, 5.41) is 12.0. The molecule has 0 aliphatic rings. The molecule has 2 aromatic carbocycles. The highest BCUT2D eigenvalue weighted by atomic mass is 19.4. The van der Waals surface area contributed by atoms with Crippen LogP contribution in [0.2, 0.25) is 0 Å². The van der Waals surface area contributed by atoms with E-state index in [4.69, 9.17) is 5.26 Å². The number of halogens is 3. The predicted octanol–water partition coefficient (Wildman–Crippen LogP) is 4.43. The van der Waals surface area contributed by atoms with Crippen molar-refractivity contribution in [3.63, 3.8) is 0 Å². The Morgan fingerprint density at radius 2 is 1.86 bits per heavy atom. The minimum Gasteiger partial charge on any atom is -0.306 e. The van der Waals surface area contributed by atoms with Gasteiger partial charge in [-0.1, -0.05) is 24.3 Å². The van der Waals surface area contributed by atoms with Crippen LogP contribution in [0, 0.1) is 11.3 Å². The fraction of sp³-hybridized carbons (Fsp3) is 0.235. The van der Waals surface area contributed by atoms with E-state index >= 15 is 0 Å². The lowest BCUT2D eigenvalue weighted by atomic mass is 10.0. The topological polar surface area (TPSA) is 35.8 Å². The molecular formula is C17H15F3N2. The van der Waals surface area contributed by atoms with E-state index in [-0.39, 0.29) is 6.04 Å². The standard InChI is InChI=1S/C17H15F3N2/c1-12(15-6-3-7-16(9-15)17(18,19)20)22-11-14-5-2-4-13(8-14)10-21/h2-9,12,22H,11H2,1H3/t12-/m0/s1. The summed E-state index contributed by atoms with van der Waals surface area (Å²) >= 11 is 0. The number of hydrogen-bond donors (Lipinski definition) is 1. The molecule has 0 aromatic heterocycles. The summed E-state index contributed by atoms with van der Waals surface area (Å²) < 4.78 is 38.1. The lowest BCUT2D eigenvalue weighted by Gasteiger charge is -2.16. The first-order valence-corrected chi connectivity index (χ1v) is 6.80. The van der Waals surface area contributed by atoms with Gasteiger partial charge in [-0.3, -0.25) is 0 Å². The van der Waals surface area contributed by atoms with Gasteiger partial charge in [-0.25, -0.2) is 0 Å². The van der Waals surface area contributed by atoms with Crippen LogP contribution in [0.25, 0.3) is 0 Å². The van der Waals surface area contributed by atoms with Gasteiger partial charge in [-0.2, -0.15) is 18.4 Å². The minimum absolute atomic E-state index is 0.229. The average Bonchev–Trinajstić information content (AvgIpc) is 2.52. The number of alkyl halides is 3. The molecule has 0 radical (unpaired) electrons. The number of hydrogen-bond acceptors (Lipinski definition) is 2. The third kappa shape index (κ3) is 4.09. The Hall–Kier alpha value is -2.32. The lowest BCUT2D eigenvalue weighted by molar-refractivity contribution is -0.137. The molecule has 2 rings (SSSR count). The Kier molecular flexibility index (Phi) is 4.84. The molecule has 1 atom stereocenters. The molecule has 2 nitrogen and oxygen atoms in total. The fourth-order valence-electron chi connectivity index (χ4n) is 2.12. The van der Waals surface area contributed by atoms with E-state index in [1.54, 1.807) is 24.3 Å². The smallest absolute Gasteiger partial charge is 0.306 e. The first-order valence-electron chi connectivity index (χ1n) is 6.80. The van der Waals surface area contributed by atoms with Crippen LogP contribution in [0.4, 0.5) is 13.2 Å². The molecule has 0 saturated carbocycles. The van der Waals surface area contributed by atoms with Crippen molar-refractivity contribution in [3.05, 3.63) is 70.8 Å². The second-order valence-electron chi connectivity index (χ2n) is 5.04. The second-order valence-corrected chi connectivity index (χ2v) is 5.04. The van der Waals surface area contributed by atoms with E-state index in [0.717, 1.165) is 17.7 Å². The van der Waals surface area contributed by atoms with Crippen molar-refractivity contribution < 1.29 is 13.2 Å². The zero-order valence-corrected chi connectivity index (χ0v) is 12.0. The number of nitriles is 1. The third-order valence-electron chi connectivity index (χ3n) is 3.38. The van der Waals surface area contributed by atoms with Gasteiger partial charge in [0.05, 0.1) is 17.2 Å². The van der Waals surface area contributed by atoms with E-state index in [2.05, 4.69) is 11.4 Å². The molecule has 114 valence electrons. The third-order valence-corrected chi connectivity index (χ3v) is 3.38. The molecule has 5 heteroatoms. The highest BCUT2D eigenvalue weighted by Gasteiger charge is 2.30. The zero-order valence-electron chi connectivity index (χ0n) is 12.0. The van der Waals surface area contributed by atoms with Gasteiger partial charge >= 0.3 is 6.18 Å². The number of nitrogens with one attached hydrogen (secondary N) is 1. The summed E-state index contributed by atoms with van der Waals surface area (Å²) in [6.07, 6.45) is -4.34. The Morgan fingerprint density at radius 3 is 2.55 bits per heavy atom. The predicted molar refractivity (Wildman–Crippen MR) is 77.9 cm³/mol. The van der Waals surface area contributed by atoms with Crippen LogP contribution in [0.3, 0.4) is 0 Å². The Morgan fingerprint density at radius 1 is 1.14 bits per heavy atom. The summed E-state index contributed by atoms with van der Waals surface area (Å²) in [6, 6.07) is 14.2. The van der Waals surface area contributed by atoms with E-state index in [1.807, 2.05) is 13.0 Å². The van der Waals surface area contributed by atoms with Crippen molar-refractivity contribution in [1.29, 1.82) is 5.26 Å². The van der Waals surface area contributed by atoms with Crippen molar-refractivity contribution in [2.45, 2.75) is 25.7 Å². The van der Waals surface area contributed by atoms with E-state index in [1.165, 1.54) is 6.07 Å². The van der Waals surface area contributed by atoms with E-state index < -0.39 is 11.7 Å². The molecule has 22 heavy (non-hydrogen) atoms. The fourth-order valence-corrected chi connectivity index (χ4v) is 2.12. The Balaban J connectivity index is 2.06. The normalized spacial score (nSPS) is 12.7. The maximum atomic E-state index is 12.7. The van der Waals surface area contributed by atoms with E-state index in [0.29, 0.717) is 17.7 Å².